The molecule has 1 aliphatic carbocycles. The third-order valence-electron chi connectivity index (χ3n) is 6.00. The molecule has 2 aromatic rings. The van der Waals surface area contributed by atoms with Gasteiger partial charge in [0.25, 0.3) is 0 Å². The Bertz CT molecular complexity index is 1170. The Morgan fingerprint density at radius 2 is 1.51 bits per heavy atom. The second-order valence-electron chi connectivity index (χ2n) is 8.26. The van der Waals surface area contributed by atoms with Crippen molar-refractivity contribution >= 4 is 27.6 Å². The van der Waals surface area contributed by atoms with Crippen LogP contribution in [0, 0.1) is 40.9 Å². The summed E-state index contributed by atoms with van der Waals surface area (Å²) in [5.41, 5.74) is 0.279. The highest BCUT2D eigenvalue weighted by Crippen LogP contribution is 2.34. The molecule has 0 saturated heterocycles. The molecule has 1 fully saturated rings. The Kier molecular flexibility index (Phi) is 8.76. The van der Waals surface area contributed by atoms with Crippen molar-refractivity contribution in [2.75, 3.05) is 13.2 Å². The number of sulfonamides is 1. The fraction of sp³-hybridized carbons (Fsp3) is 0.435. The Morgan fingerprint density at radius 3 is 2.06 bits per heavy atom. The zero-order valence-electron chi connectivity index (χ0n) is 18.7. The Balaban J connectivity index is 1.96. The van der Waals surface area contributed by atoms with Crippen molar-refractivity contribution in [1.82, 2.24) is 4.31 Å². The van der Waals surface area contributed by atoms with E-state index in [0.717, 1.165) is 0 Å². The molecule has 0 spiro atoms. The fourth-order valence-corrected chi connectivity index (χ4v) is 5.94. The molecule has 12 heteroatoms. The molecule has 0 N–H and O–H groups in total. The smallest absolute Gasteiger partial charge is 0.308 e. The zero-order chi connectivity index (χ0) is 25.9. The second kappa shape index (κ2) is 11.2. The molecule has 0 amide bonds. The predicted molar refractivity (Wildman–Crippen MR) is 117 cm³/mol. The lowest BCUT2D eigenvalue weighted by Crippen LogP contribution is -2.38. The van der Waals surface area contributed by atoms with Crippen LogP contribution in [0.2, 0.25) is 5.02 Å². The summed E-state index contributed by atoms with van der Waals surface area (Å²) in [6, 6.07) is 6.12. The zero-order valence-corrected chi connectivity index (χ0v) is 20.2. The topological polar surface area (TPSA) is 63.7 Å². The van der Waals surface area contributed by atoms with Gasteiger partial charge in [0.1, 0.15) is 0 Å². The van der Waals surface area contributed by atoms with Crippen molar-refractivity contribution in [3.8, 4) is 0 Å². The molecule has 0 radical (unpaired) electrons. The van der Waals surface area contributed by atoms with Crippen LogP contribution in [0.1, 0.15) is 38.2 Å². The molecule has 2 aromatic carbocycles. The van der Waals surface area contributed by atoms with Crippen LogP contribution >= 0.6 is 11.6 Å². The summed E-state index contributed by atoms with van der Waals surface area (Å²) in [7, 11) is -5.19. The first-order valence-corrected chi connectivity index (χ1v) is 12.7. The van der Waals surface area contributed by atoms with Gasteiger partial charge < -0.3 is 4.74 Å². The van der Waals surface area contributed by atoms with Crippen molar-refractivity contribution in [1.29, 1.82) is 0 Å². The van der Waals surface area contributed by atoms with E-state index in [-0.39, 0.29) is 41.5 Å². The molecule has 3 rings (SSSR count). The summed E-state index contributed by atoms with van der Waals surface area (Å²) in [5.74, 6) is -13.1. The van der Waals surface area contributed by atoms with Crippen LogP contribution in [-0.2, 0) is 26.1 Å². The van der Waals surface area contributed by atoms with Gasteiger partial charge in [0.2, 0.25) is 15.8 Å². The molecule has 0 atom stereocenters. The Labute approximate surface area is 204 Å². The molecule has 0 aromatic heterocycles. The van der Waals surface area contributed by atoms with Gasteiger partial charge in [-0.15, -0.1) is 0 Å². The predicted octanol–water partition coefficient (Wildman–Crippen LogP) is 5.60. The summed E-state index contributed by atoms with van der Waals surface area (Å²) >= 11 is 6.13. The molecule has 35 heavy (non-hydrogen) atoms. The van der Waals surface area contributed by atoms with Crippen LogP contribution in [0.5, 0.6) is 0 Å². The molecule has 5 nitrogen and oxygen atoms in total. The standard InChI is InChI=1S/C23H23ClF5NO4S/c1-2-34-23(31)14-9-7-13(8-10-14)11-30(12-15-5-3-4-6-16(15)24)35(32,33)22-20(28)18(26)17(25)19(27)21(22)29/h3-6,13-14H,2,7-12H2,1H3. The van der Waals surface area contributed by atoms with Gasteiger partial charge in [-0.3, -0.25) is 4.79 Å². The molecule has 0 bridgehead atoms. The van der Waals surface area contributed by atoms with E-state index in [9.17, 15) is 35.2 Å². The number of ether oxygens (including phenoxy) is 1. The minimum Gasteiger partial charge on any atom is -0.466 e. The number of esters is 1. The number of hydrogen-bond donors (Lipinski definition) is 0. The average Bonchev–Trinajstić information content (AvgIpc) is 2.83. The van der Waals surface area contributed by atoms with Gasteiger partial charge in [-0.25, -0.2) is 30.4 Å². The van der Waals surface area contributed by atoms with Gasteiger partial charge in [0, 0.05) is 18.1 Å². The van der Waals surface area contributed by atoms with Gasteiger partial charge in [0.15, 0.2) is 28.2 Å². The third kappa shape index (κ3) is 5.78. The van der Waals surface area contributed by atoms with E-state index in [4.69, 9.17) is 16.3 Å². The summed E-state index contributed by atoms with van der Waals surface area (Å²) < 4.78 is 102. The molecule has 1 saturated carbocycles. The monoisotopic (exact) mass is 539 g/mol. The molecule has 0 heterocycles. The van der Waals surface area contributed by atoms with Crippen molar-refractivity contribution in [3.05, 3.63) is 63.9 Å². The van der Waals surface area contributed by atoms with E-state index >= 15 is 0 Å². The molecule has 0 unspecified atom stereocenters. The second-order valence-corrected chi connectivity index (χ2v) is 10.5. The molecular formula is C23H23ClF5NO4S. The minimum absolute atomic E-state index is 0.163. The number of hydrogen-bond acceptors (Lipinski definition) is 4. The van der Waals surface area contributed by atoms with E-state index in [2.05, 4.69) is 0 Å². The molecule has 1 aliphatic rings. The van der Waals surface area contributed by atoms with E-state index in [1.807, 2.05) is 0 Å². The number of nitrogens with zero attached hydrogens (tertiary/aromatic N) is 1. The summed E-state index contributed by atoms with van der Waals surface area (Å²) in [6.45, 7) is 1.17. The average molecular weight is 540 g/mol. The van der Waals surface area contributed by atoms with Crippen molar-refractivity contribution in [3.63, 3.8) is 0 Å². The van der Waals surface area contributed by atoms with Gasteiger partial charge in [0.05, 0.1) is 12.5 Å². The Morgan fingerprint density at radius 1 is 0.971 bits per heavy atom. The van der Waals surface area contributed by atoms with Gasteiger partial charge in [-0.05, 0) is 50.2 Å². The largest absolute Gasteiger partial charge is 0.466 e. The van der Waals surface area contributed by atoms with Crippen LogP contribution in [0.4, 0.5) is 22.0 Å². The van der Waals surface area contributed by atoms with Gasteiger partial charge >= 0.3 is 5.97 Å². The van der Waals surface area contributed by atoms with E-state index in [1.54, 1.807) is 19.1 Å². The first kappa shape index (κ1) is 27.3. The van der Waals surface area contributed by atoms with Gasteiger partial charge in [-0.1, -0.05) is 29.8 Å². The number of carbonyl (C=O) groups is 1. The first-order chi connectivity index (χ1) is 16.5. The van der Waals surface area contributed by atoms with Crippen LogP contribution in [0.3, 0.4) is 0 Å². The Hall–Kier alpha value is -2.24. The van der Waals surface area contributed by atoms with Crippen LogP contribution < -0.4 is 0 Å². The van der Waals surface area contributed by atoms with Crippen molar-refractivity contribution in [2.24, 2.45) is 11.8 Å². The maximum absolute atomic E-state index is 14.5. The maximum atomic E-state index is 14.5. The summed E-state index contributed by atoms with van der Waals surface area (Å²) in [6.07, 6.45) is 1.61. The van der Waals surface area contributed by atoms with Gasteiger partial charge in [-0.2, -0.15) is 4.31 Å². The number of benzene rings is 2. The summed E-state index contributed by atoms with van der Waals surface area (Å²) in [4.78, 5) is 10.1. The van der Waals surface area contributed by atoms with Crippen molar-refractivity contribution < 1.29 is 39.9 Å². The first-order valence-electron chi connectivity index (χ1n) is 10.9. The molecular weight excluding hydrogens is 517 g/mol. The maximum Gasteiger partial charge on any atom is 0.308 e. The number of halogens is 6. The highest BCUT2D eigenvalue weighted by Gasteiger charge is 2.39. The summed E-state index contributed by atoms with van der Waals surface area (Å²) in [5, 5.41) is 0.163. The fourth-order valence-electron chi connectivity index (χ4n) is 4.13. The highest BCUT2D eigenvalue weighted by atomic mass is 35.5. The lowest BCUT2D eigenvalue weighted by Gasteiger charge is -2.32. The van der Waals surface area contributed by atoms with Crippen molar-refractivity contribution in [2.45, 2.75) is 44.0 Å². The third-order valence-corrected chi connectivity index (χ3v) is 8.20. The quantitative estimate of drug-likeness (QED) is 0.190. The van der Waals surface area contributed by atoms with E-state index in [0.29, 0.717) is 30.0 Å². The van der Waals surface area contributed by atoms with E-state index < -0.39 is 50.5 Å². The normalized spacial score (nSPS) is 18.6. The highest BCUT2D eigenvalue weighted by molar-refractivity contribution is 7.89. The number of rotatable bonds is 8. The number of carbonyl (C=O) groups excluding carboxylic acids is 1. The minimum atomic E-state index is -5.19. The van der Waals surface area contributed by atoms with Crippen LogP contribution in [0.15, 0.2) is 29.2 Å². The van der Waals surface area contributed by atoms with E-state index in [1.165, 1.54) is 12.1 Å². The lowest BCUT2D eigenvalue weighted by molar-refractivity contribution is -0.149. The molecule has 192 valence electrons. The van der Waals surface area contributed by atoms with Crippen LogP contribution in [-0.4, -0.2) is 31.8 Å². The SMILES string of the molecule is CCOC(=O)C1CCC(CN(Cc2ccccc2Cl)S(=O)(=O)c2c(F)c(F)c(F)c(F)c2F)CC1. The van der Waals surface area contributed by atoms with Crippen LogP contribution in [0.25, 0.3) is 0 Å². The molecule has 0 aliphatic heterocycles. The lowest BCUT2D eigenvalue weighted by atomic mass is 9.82.